The Morgan fingerprint density at radius 3 is 2.65 bits per heavy atom. The number of anilines is 1. The van der Waals surface area contributed by atoms with E-state index in [1.165, 1.54) is 0 Å². The maximum absolute atomic E-state index is 8.49. The van der Waals surface area contributed by atoms with Gasteiger partial charge in [0.1, 0.15) is 0 Å². The molecule has 0 aromatic heterocycles. The van der Waals surface area contributed by atoms with Gasteiger partial charge in [-0.1, -0.05) is 18.2 Å². The van der Waals surface area contributed by atoms with Crippen molar-refractivity contribution in [3.8, 4) is 0 Å². The molecule has 1 unspecified atom stereocenters. The topological polar surface area (TPSA) is 62.3 Å². The van der Waals surface area contributed by atoms with Crippen LogP contribution in [0.4, 0.5) is 5.69 Å². The number of hydrogen-bond acceptors (Lipinski definition) is 4. The van der Waals surface area contributed by atoms with Gasteiger partial charge in [0.15, 0.2) is 0 Å². The zero-order valence-electron chi connectivity index (χ0n) is 12.6. The first-order chi connectivity index (χ1) is 9.54. The molecule has 0 spiro atoms. The highest BCUT2D eigenvalue weighted by Crippen LogP contribution is 2.29. The van der Waals surface area contributed by atoms with Gasteiger partial charge in [-0.15, -0.1) is 0 Å². The van der Waals surface area contributed by atoms with Crippen LogP contribution in [0.1, 0.15) is 37.0 Å². The largest absolute Gasteiger partial charge is 0.398 e. The molecule has 1 fully saturated rings. The third kappa shape index (κ3) is 3.02. The number of nitrogens with zero attached hydrogens (tertiary/aromatic N) is 1. The molecule has 0 radical (unpaired) electrons. The zero-order valence-corrected chi connectivity index (χ0v) is 12.6. The minimum Gasteiger partial charge on any atom is -0.398 e. The molecule has 1 aliphatic rings. The van der Waals surface area contributed by atoms with Gasteiger partial charge in [0.2, 0.25) is 0 Å². The summed E-state index contributed by atoms with van der Waals surface area (Å²) in [6.07, 6.45) is 2.04. The summed E-state index contributed by atoms with van der Waals surface area (Å²) in [7, 11) is 3.81. The molecule has 110 valence electrons. The molecular formula is C16H25N3O. The Morgan fingerprint density at radius 2 is 2.05 bits per heavy atom. The van der Waals surface area contributed by atoms with Gasteiger partial charge in [-0.05, 0) is 39.9 Å². The summed E-state index contributed by atoms with van der Waals surface area (Å²) in [5.74, 6) is 0.321. The van der Waals surface area contributed by atoms with Crippen LogP contribution in [0.2, 0.25) is 0 Å². The molecule has 3 N–H and O–H groups in total. The van der Waals surface area contributed by atoms with Crippen molar-refractivity contribution in [2.75, 3.05) is 33.0 Å². The van der Waals surface area contributed by atoms with Crippen molar-refractivity contribution in [2.45, 2.75) is 25.9 Å². The molecule has 0 amide bonds. The van der Waals surface area contributed by atoms with Crippen LogP contribution in [0.15, 0.2) is 18.2 Å². The Morgan fingerprint density at radius 1 is 1.40 bits per heavy atom. The third-order valence-electron chi connectivity index (χ3n) is 4.35. The Kier molecular flexibility index (Phi) is 4.78. The molecule has 0 aliphatic carbocycles. The highest BCUT2D eigenvalue weighted by atomic mass is 16.5. The van der Waals surface area contributed by atoms with Crippen LogP contribution in [-0.2, 0) is 4.74 Å². The lowest BCUT2D eigenvalue weighted by atomic mass is 9.86. The number of hydrogen-bond donors (Lipinski definition) is 2. The molecule has 1 aromatic carbocycles. The Bertz CT molecular complexity index is 479. The van der Waals surface area contributed by atoms with Gasteiger partial charge in [0.05, 0.1) is 6.10 Å². The van der Waals surface area contributed by atoms with E-state index in [-0.39, 0.29) is 6.10 Å². The Labute approximate surface area is 121 Å². The maximum Gasteiger partial charge on any atom is 0.0813 e. The number of rotatable bonds is 4. The minimum atomic E-state index is -0.0414. The average Bonchev–Trinajstić information content (AvgIpc) is 2.47. The average molecular weight is 275 g/mol. The third-order valence-corrected chi connectivity index (χ3v) is 4.35. The highest BCUT2D eigenvalue weighted by Gasteiger charge is 2.24. The molecule has 2 rings (SSSR count). The standard InChI is InChI=1S/C16H25N3O/c1-11(20-3)13-5-4-6-14(16(13)18)15(17)12-7-9-19(2)10-8-12/h4-6,11-12,17H,7-10,18H2,1-3H3. The molecular weight excluding hydrogens is 250 g/mol. The quantitative estimate of drug-likeness (QED) is 0.656. The molecule has 0 bridgehead atoms. The Hall–Kier alpha value is -1.39. The van der Waals surface area contributed by atoms with Crippen LogP contribution >= 0.6 is 0 Å². The van der Waals surface area contributed by atoms with Crippen molar-refractivity contribution in [2.24, 2.45) is 5.92 Å². The minimum absolute atomic E-state index is 0.0414. The van der Waals surface area contributed by atoms with Crippen molar-refractivity contribution in [3.63, 3.8) is 0 Å². The van der Waals surface area contributed by atoms with Crippen LogP contribution in [-0.4, -0.2) is 37.9 Å². The first kappa shape index (κ1) is 15.0. The fourth-order valence-corrected chi connectivity index (χ4v) is 2.82. The smallest absolute Gasteiger partial charge is 0.0813 e. The predicted molar refractivity (Wildman–Crippen MR) is 83.3 cm³/mol. The van der Waals surface area contributed by atoms with Crippen LogP contribution in [0.3, 0.4) is 0 Å². The van der Waals surface area contributed by atoms with E-state index in [1.54, 1.807) is 7.11 Å². The molecule has 4 nitrogen and oxygen atoms in total. The number of likely N-dealkylation sites (tertiary alicyclic amines) is 1. The molecule has 1 aromatic rings. The highest BCUT2D eigenvalue weighted by molar-refractivity contribution is 6.04. The van der Waals surface area contributed by atoms with Crippen molar-refractivity contribution in [3.05, 3.63) is 29.3 Å². The van der Waals surface area contributed by atoms with Crippen LogP contribution < -0.4 is 5.73 Å². The van der Waals surface area contributed by atoms with E-state index in [1.807, 2.05) is 25.1 Å². The second kappa shape index (κ2) is 6.37. The van der Waals surface area contributed by atoms with E-state index in [0.717, 1.165) is 37.1 Å². The summed E-state index contributed by atoms with van der Waals surface area (Å²) in [5, 5.41) is 8.49. The molecule has 1 heterocycles. The number of nitrogen functional groups attached to an aromatic ring is 1. The molecule has 0 saturated carbocycles. The zero-order chi connectivity index (χ0) is 14.7. The number of piperidine rings is 1. The van der Waals surface area contributed by atoms with Crippen LogP contribution in [0, 0.1) is 11.3 Å². The molecule has 20 heavy (non-hydrogen) atoms. The monoisotopic (exact) mass is 275 g/mol. The first-order valence-corrected chi connectivity index (χ1v) is 7.23. The van der Waals surface area contributed by atoms with E-state index in [2.05, 4.69) is 11.9 Å². The first-order valence-electron chi connectivity index (χ1n) is 7.23. The lowest BCUT2D eigenvalue weighted by Crippen LogP contribution is -2.33. The number of methoxy groups -OCH3 is 1. The fourth-order valence-electron chi connectivity index (χ4n) is 2.82. The van der Waals surface area contributed by atoms with Gasteiger partial charge in [-0.25, -0.2) is 0 Å². The van der Waals surface area contributed by atoms with Crippen LogP contribution in [0.25, 0.3) is 0 Å². The Balaban J connectivity index is 2.22. The van der Waals surface area contributed by atoms with E-state index in [9.17, 15) is 0 Å². The predicted octanol–water partition coefficient (Wildman–Crippen LogP) is 2.69. The second-order valence-electron chi connectivity index (χ2n) is 5.68. The van der Waals surface area contributed by atoms with E-state index < -0.39 is 0 Å². The van der Waals surface area contributed by atoms with Gasteiger partial charge < -0.3 is 20.8 Å². The van der Waals surface area contributed by atoms with Crippen molar-refractivity contribution in [1.82, 2.24) is 4.90 Å². The van der Waals surface area contributed by atoms with E-state index in [0.29, 0.717) is 17.3 Å². The van der Waals surface area contributed by atoms with E-state index >= 15 is 0 Å². The summed E-state index contributed by atoms with van der Waals surface area (Å²) >= 11 is 0. The summed E-state index contributed by atoms with van der Waals surface area (Å²) in [4.78, 5) is 2.32. The van der Waals surface area contributed by atoms with Crippen LogP contribution in [0.5, 0.6) is 0 Å². The van der Waals surface area contributed by atoms with Crippen molar-refractivity contribution >= 4 is 11.4 Å². The lowest BCUT2D eigenvalue weighted by Gasteiger charge is -2.30. The normalized spacial score (nSPS) is 18.9. The van der Waals surface area contributed by atoms with Gasteiger partial charge in [-0.3, -0.25) is 0 Å². The van der Waals surface area contributed by atoms with Gasteiger partial charge in [-0.2, -0.15) is 0 Å². The maximum atomic E-state index is 8.49. The van der Waals surface area contributed by atoms with Gasteiger partial charge in [0, 0.05) is 35.6 Å². The van der Waals surface area contributed by atoms with E-state index in [4.69, 9.17) is 15.9 Å². The number of nitrogens with two attached hydrogens (primary N) is 1. The lowest BCUT2D eigenvalue weighted by molar-refractivity contribution is 0.120. The fraction of sp³-hybridized carbons (Fsp3) is 0.562. The molecule has 1 saturated heterocycles. The summed E-state index contributed by atoms with van der Waals surface area (Å²) < 4.78 is 5.35. The SMILES string of the molecule is COC(C)c1cccc(C(=N)C2CCN(C)CC2)c1N. The molecule has 4 heteroatoms. The van der Waals surface area contributed by atoms with Crippen molar-refractivity contribution < 1.29 is 4.74 Å². The van der Waals surface area contributed by atoms with Crippen molar-refractivity contribution in [1.29, 1.82) is 5.41 Å². The van der Waals surface area contributed by atoms with Gasteiger partial charge >= 0.3 is 0 Å². The summed E-state index contributed by atoms with van der Waals surface area (Å²) in [6, 6.07) is 5.91. The molecule has 1 atom stereocenters. The second-order valence-corrected chi connectivity index (χ2v) is 5.68. The summed E-state index contributed by atoms with van der Waals surface area (Å²) in [5.41, 5.74) is 9.50. The number of nitrogens with one attached hydrogen (secondary N) is 1. The number of para-hydroxylation sites is 1. The van der Waals surface area contributed by atoms with Gasteiger partial charge in [0.25, 0.3) is 0 Å². The molecule has 1 aliphatic heterocycles. The summed E-state index contributed by atoms with van der Waals surface area (Å²) in [6.45, 7) is 4.09. The number of benzene rings is 1. The number of ether oxygens (including phenoxy) is 1.